The molecule has 3 N–H and O–H groups in total. The Balaban J connectivity index is 2.19. The molecule has 2 aromatic rings. The molecule has 0 saturated carbocycles. The number of aromatic nitrogens is 5. The van der Waals surface area contributed by atoms with Gasteiger partial charge in [-0.05, 0) is 13.8 Å². The van der Waals surface area contributed by atoms with Gasteiger partial charge in [-0.2, -0.15) is 4.98 Å². The van der Waals surface area contributed by atoms with Gasteiger partial charge in [0.15, 0.2) is 11.6 Å². The first kappa shape index (κ1) is 13.1. The maximum absolute atomic E-state index is 5.95. The fraction of sp³-hybridized carbons (Fsp3) is 0.455. The Labute approximate surface area is 111 Å². The minimum atomic E-state index is -0.0841. The Bertz CT molecular complexity index is 554. The van der Waals surface area contributed by atoms with Crippen LogP contribution in [0.5, 0.6) is 5.88 Å². The second-order valence-corrected chi connectivity index (χ2v) is 4.04. The minimum absolute atomic E-state index is 0.0841. The average molecular weight is 263 g/mol. The number of nitrogen functional groups attached to an aromatic ring is 1. The van der Waals surface area contributed by atoms with Crippen molar-refractivity contribution in [2.24, 2.45) is 7.05 Å². The minimum Gasteiger partial charge on any atom is -0.476 e. The number of rotatable bonds is 5. The lowest BCUT2D eigenvalue weighted by molar-refractivity contribution is 0.328. The fourth-order valence-corrected chi connectivity index (χ4v) is 1.70. The molecule has 0 spiro atoms. The van der Waals surface area contributed by atoms with E-state index in [1.165, 1.54) is 6.33 Å². The van der Waals surface area contributed by atoms with Gasteiger partial charge in [0.2, 0.25) is 5.88 Å². The zero-order valence-electron chi connectivity index (χ0n) is 11.2. The number of nitrogens with zero attached hydrogens (tertiary/aromatic N) is 5. The molecule has 102 valence electrons. The molecule has 0 aromatic carbocycles. The summed E-state index contributed by atoms with van der Waals surface area (Å²) >= 11 is 0. The first-order valence-electron chi connectivity index (χ1n) is 5.97. The number of nitrogens with two attached hydrogens (primary N) is 1. The molecule has 0 fully saturated rings. The summed E-state index contributed by atoms with van der Waals surface area (Å²) in [7, 11) is 1.88. The highest BCUT2D eigenvalue weighted by atomic mass is 16.5. The molecule has 0 amide bonds. The van der Waals surface area contributed by atoms with E-state index in [4.69, 9.17) is 10.5 Å². The number of ether oxygens (including phenoxy) is 1. The van der Waals surface area contributed by atoms with Crippen LogP contribution < -0.4 is 15.8 Å². The van der Waals surface area contributed by atoms with Crippen LogP contribution in [-0.2, 0) is 7.05 Å². The van der Waals surface area contributed by atoms with Gasteiger partial charge in [0.05, 0.1) is 12.6 Å². The Kier molecular flexibility index (Phi) is 3.79. The van der Waals surface area contributed by atoms with Crippen molar-refractivity contribution in [1.82, 2.24) is 24.7 Å². The molecule has 0 aliphatic heterocycles. The Hall–Kier alpha value is -2.38. The van der Waals surface area contributed by atoms with Crippen LogP contribution in [0.4, 0.5) is 11.5 Å². The van der Waals surface area contributed by atoms with E-state index in [1.54, 1.807) is 6.33 Å². The zero-order chi connectivity index (χ0) is 13.8. The monoisotopic (exact) mass is 263 g/mol. The first-order chi connectivity index (χ1) is 9.13. The van der Waals surface area contributed by atoms with Crippen LogP contribution in [0.1, 0.15) is 25.7 Å². The maximum atomic E-state index is 5.95. The van der Waals surface area contributed by atoms with Crippen molar-refractivity contribution in [1.29, 1.82) is 0 Å². The molecule has 1 atom stereocenters. The van der Waals surface area contributed by atoms with E-state index in [2.05, 4.69) is 25.5 Å². The third-order valence-corrected chi connectivity index (χ3v) is 2.62. The van der Waals surface area contributed by atoms with Crippen LogP contribution in [0.25, 0.3) is 0 Å². The lowest BCUT2D eigenvalue weighted by atomic mass is 10.3. The van der Waals surface area contributed by atoms with Gasteiger partial charge >= 0.3 is 0 Å². The normalized spacial score (nSPS) is 12.2. The van der Waals surface area contributed by atoms with E-state index < -0.39 is 0 Å². The highest BCUT2D eigenvalue weighted by Crippen LogP contribution is 2.27. The van der Waals surface area contributed by atoms with Crippen molar-refractivity contribution in [3.8, 4) is 5.88 Å². The summed E-state index contributed by atoms with van der Waals surface area (Å²) in [6.45, 7) is 4.32. The molecule has 0 saturated heterocycles. The summed E-state index contributed by atoms with van der Waals surface area (Å²) in [6, 6.07) is -0.0841. The summed E-state index contributed by atoms with van der Waals surface area (Å²) in [4.78, 5) is 8.10. The summed E-state index contributed by atoms with van der Waals surface area (Å²) in [5.74, 6) is 1.69. The van der Waals surface area contributed by atoms with Crippen molar-refractivity contribution in [3.05, 3.63) is 18.5 Å². The van der Waals surface area contributed by atoms with Crippen molar-refractivity contribution in [2.45, 2.75) is 19.9 Å². The predicted octanol–water partition coefficient (Wildman–Crippen LogP) is 0.759. The van der Waals surface area contributed by atoms with E-state index in [0.29, 0.717) is 24.0 Å². The molecule has 1 unspecified atom stereocenters. The maximum Gasteiger partial charge on any atom is 0.242 e. The van der Waals surface area contributed by atoms with E-state index in [0.717, 1.165) is 5.82 Å². The van der Waals surface area contributed by atoms with E-state index >= 15 is 0 Å². The summed E-state index contributed by atoms with van der Waals surface area (Å²) < 4.78 is 7.16. The van der Waals surface area contributed by atoms with Gasteiger partial charge in [-0.15, -0.1) is 10.2 Å². The molecule has 2 heterocycles. The smallest absolute Gasteiger partial charge is 0.242 e. The molecule has 0 aliphatic carbocycles. The van der Waals surface area contributed by atoms with Crippen LogP contribution in [-0.4, -0.2) is 31.3 Å². The molecule has 0 bridgehead atoms. The highest BCUT2D eigenvalue weighted by Gasteiger charge is 2.15. The molecule has 8 heteroatoms. The number of aryl methyl sites for hydroxylation is 1. The molecule has 2 aromatic heterocycles. The number of hydrogen-bond acceptors (Lipinski definition) is 7. The molecular weight excluding hydrogens is 246 g/mol. The summed E-state index contributed by atoms with van der Waals surface area (Å²) in [5.41, 5.74) is 6.34. The zero-order valence-corrected chi connectivity index (χ0v) is 11.2. The Morgan fingerprint density at radius 2 is 2.26 bits per heavy atom. The van der Waals surface area contributed by atoms with Crippen LogP contribution in [0.2, 0.25) is 0 Å². The molecule has 0 radical (unpaired) electrons. The Morgan fingerprint density at radius 3 is 2.89 bits per heavy atom. The third kappa shape index (κ3) is 2.72. The van der Waals surface area contributed by atoms with Crippen LogP contribution in [0.15, 0.2) is 12.7 Å². The third-order valence-electron chi connectivity index (χ3n) is 2.62. The van der Waals surface area contributed by atoms with Crippen LogP contribution in [0.3, 0.4) is 0 Å². The number of hydrogen-bond donors (Lipinski definition) is 2. The van der Waals surface area contributed by atoms with Crippen molar-refractivity contribution < 1.29 is 4.74 Å². The van der Waals surface area contributed by atoms with E-state index in [1.807, 2.05) is 25.5 Å². The topological polar surface area (TPSA) is 104 Å². The van der Waals surface area contributed by atoms with Gasteiger partial charge in [0.25, 0.3) is 0 Å². The van der Waals surface area contributed by atoms with Crippen molar-refractivity contribution in [3.63, 3.8) is 0 Å². The molecular formula is C11H17N7O. The molecule has 2 rings (SSSR count). The largest absolute Gasteiger partial charge is 0.476 e. The SMILES string of the molecule is CCOc1ncnc(NC(C)c2nncn2C)c1N. The van der Waals surface area contributed by atoms with Gasteiger partial charge in [-0.25, -0.2) is 4.98 Å². The van der Waals surface area contributed by atoms with E-state index in [-0.39, 0.29) is 6.04 Å². The van der Waals surface area contributed by atoms with Gasteiger partial charge in [0.1, 0.15) is 18.3 Å². The standard InChI is InChI=1S/C11H17N7O/c1-4-19-11-8(12)9(13-5-14-11)16-7(2)10-17-15-6-18(10)3/h5-7H,4,12H2,1-3H3,(H,13,14,16). The second-order valence-electron chi connectivity index (χ2n) is 4.04. The van der Waals surface area contributed by atoms with Crippen LogP contribution >= 0.6 is 0 Å². The fourth-order valence-electron chi connectivity index (χ4n) is 1.70. The first-order valence-corrected chi connectivity index (χ1v) is 5.97. The quantitative estimate of drug-likeness (QED) is 0.820. The van der Waals surface area contributed by atoms with E-state index in [9.17, 15) is 0 Å². The second kappa shape index (κ2) is 5.51. The average Bonchev–Trinajstić information content (AvgIpc) is 2.81. The van der Waals surface area contributed by atoms with Gasteiger partial charge in [0, 0.05) is 7.05 Å². The van der Waals surface area contributed by atoms with Crippen LogP contribution in [0, 0.1) is 0 Å². The van der Waals surface area contributed by atoms with Gasteiger partial charge in [-0.3, -0.25) is 0 Å². The Morgan fingerprint density at radius 1 is 1.47 bits per heavy atom. The highest BCUT2D eigenvalue weighted by molar-refractivity contribution is 5.66. The summed E-state index contributed by atoms with van der Waals surface area (Å²) in [6.07, 6.45) is 3.05. The van der Waals surface area contributed by atoms with Gasteiger partial charge < -0.3 is 20.4 Å². The number of nitrogens with one attached hydrogen (secondary N) is 1. The van der Waals surface area contributed by atoms with Crippen molar-refractivity contribution >= 4 is 11.5 Å². The predicted molar refractivity (Wildman–Crippen MR) is 70.7 cm³/mol. The lowest BCUT2D eigenvalue weighted by Gasteiger charge is -2.15. The molecule has 0 aliphatic rings. The molecule has 19 heavy (non-hydrogen) atoms. The summed E-state index contributed by atoms with van der Waals surface area (Å²) in [5, 5.41) is 11.0. The lowest BCUT2D eigenvalue weighted by Crippen LogP contribution is -2.14. The van der Waals surface area contributed by atoms with Gasteiger partial charge in [-0.1, -0.05) is 0 Å². The number of anilines is 2. The molecule has 8 nitrogen and oxygen atoms in total. The van der Waals surface area contributed by atoms with Crippen molar-refractivity contribution in [2.75, 3.05) is 17.7 Å².